The van der Waals surface area contributed by atoms with E-state index in [1.54, 1.807) is 0 Å². The number of benzene rings is 1. The third-order valence-corrected chi connectivity index (χ3v) is 3.00. The van der Waals surface area contributed by atoms with Gasteiger partial charge in [0.05, 0.1) is 25.4 Å². The van der Waals surface area contributed by atoms with Gasteiger partial charge in [0, 0.05) is 5.92 Å². The lowest BCUT2D eigenvalue weighted by Gasteiger charge is -2.11. The minimum atomic E-state index is -0.430. The summed E-state index contributed by atoms with van der Waals surface area (Å²) in [5, 5.41) is 0. The van der Waals surface area contributed by atoms with Crippen LogP contribution in [-0.2, 0) is 4.74 Å². The number of ether oxygens (including phenoxy) is 2. The number of carbonyl (C=O) groups is 1. The van der Waals surface area contributed by atoms with Crippen LogP contribution in [0.2, 0.25) is 0 Å². The van der Waals surface area contributed by atoms with Crippen LogP contribution in [0.15, 0.2) is 18.2 Å². The van der Waals surface area contributed by atoms with Crippen molar-refractivity contribution in [3.8, 4) is 5.75 Å². The lowest BCUT2D eigenvalue weighted by molar-refractivity contribution is 0.0874. The van der Waals surface area contributed by atoms with Crippen LogP contribution < -0.4 is 4.74 Å². The smallest absolute Gasteiger partial charge is 0.172 e. The van der Waals surface area contributed by atoms with Crippen LogP contribution in [0.4, 0.5) is 4.39 Å². The summed E-state index contributed by atoms with van der Waals surface area (Å²) in [4.78, 5) is 12.2. The van der Waals surface area contributed by atoms with Gasteiger partial charge in [-0.1, -0.05) is 0 Å². The predicted octanol–water partition coefficient (Wildman–Crippen LogP) is 2.44. The van der Waals surface area contributed by atoms with E-state index >= 15 is 0 Å². The average molecular weight is 238 g/mol. The first-order chi connectivity index (χ1) is 8.11. The number of Topliss-reactive ketones (excluding diaryl/α,β-unsaturated/α-hetero) is 1. The van der Waals surface area contributed by atoms with Gasteiger partial charge in [0.25, 0.3) is 0 Å². The summed E-state index contributed by atoms with van der Waals surface area (Å²) in [5.74, 6) is -0.316. The predicted molar refractivity (Wildman–Crippen MR) is 60.8 cm³/mol. The van der Waals surface area contributed by atoms with Gasteiger partial charge in [0.2, 0.25) is 0 Å². The van der Waals surface area contributed by atoms with Crippen molar-refractivity contribution in [2.45, 2.75) is 19.4 Å². The van der Waals surface area contributed by atoms with Gasteiger partial charge in [-0.25, -0.2) is 4.39 Å². The van der Waals surface area contributed by atoms with Gasteiger partial charge in [-0.05, 0) is 31.5 Å². The molecule has 1 aliphatic rings. The minimum Gasteiger partial charge on any atom is -0.496 e. The molecule has 1 fully saturated rings. The second-order valence-electron chi connectivity index (χ2n) is 4.29. The van der Waals surface area contributed by atoms with Crippen molar-refractivity contribution in [2.24, 2.45) is 5.92 Å². The fourth-order valence-corrected chi connectivity index (χ4v) is 2.09. The molecule has 2 atom stereocenters. The molecule has 0 aromatic heterocycles. The molecular weight excluding hydrogens is 223 g/mol. The van der Waals surface area contributed by atoms with Gasteiger partial charge in [0.15, 0.2) is 5.78 Å². The lowest BCUT2D eigenvalue weighted by atomic mass is 9.95. The zero-order chi connectivity index (χ0) is 12.4. The molecule has 1 saturated heterocycles. The van der Waals surface area contributed by atoms with E-state index < -0.39 is 5.82 Å². The molecule has 1 aromatic carbocycles. The number of carbonyl (C=O) groups excluding carboxylic acids is 1. The maximum atomic E-state index is 13.2. The van der Waals surface area contributed by atoms with Crippen molar-refractivity contribution in [3.05, 3.63) is 29.6 Å². The highest BCUT2D eigenvalue weighted by Crippen LogP contribution is 2.28. The van der Waals surface area contributed by atoms with Crippen molar-refractivity contribution in [3.63, 3.8) is 0 Å². The monoisotopic (exact) mass is 238 g/mol. The Bertz CT molecular complexity index is 431. The Morgan fingerprint density at radius 1 is 1.53 bits per heavy atom. The molecule has 1 aliphatic heterocycles. The largest absolute Gasteiger partial charge is 0.496 e. The molecule has 1 heterocycles. The highest BCUT2D eigenvalue weighted by atomic mass is 19.1. The number of rotatable bonds is 3. The molecule has 92 valence electrons. The van der Waals surface area contributed by atoms with E-state index in [2.05, 4.69) is 0 Å². The van der Waals surface area contributed by atoms with E-state index in [1.807, 2.05) is 6.92 Å². The molecule has 17 heavy (non-hydrogen) atoms. The molecule has 0 spiro atoms. The van der Waals surface area contributed by atoms with Crippen LogP contribution in [0.3, 0.4) is 0 Å². The van der Waals surface area contributed by atoms with Gasteiger partial charge in [-0.15, -0.1) is 0 Å². The van der Waals surface area contributed by atoms with Crippen molar-refractivity contribution < 1.29 is 18.7 Å². The molecule has 0 amide bonds. The Balaban J connectivity index is 2.26. The molecular formula is C13H15FO3. The van der Waals surface area contributed by atoms with Gasteiger partial charge in [0.1, 0.15) is 11.6 Å². The Morgan fingerprint density at radius 3 is 2.88 bits per heavy atom. The first kappa shape index (κ1) is 12.0. The van der Waals surface area contributed by atoms with Crippen molar-refractivity contribution >= 4 is 5.78 Å². The van der Waals surface area contributed by atoms with Gasteiger partial charge in [-0.2, -0.15) is 0 Å². The highest BCUT2D eigenvalue weighted by molar-refractivity contribution is 6.00. The fourth-order valence-electron chi connectivity index (χ4n) is 2.09. The number of methoxy groups -OCH3 is 1. The summed E-state index contributed by atoms with van der Waals surface area (Å²) in [5.41, 5.74) is 0.301. The van der Waals surface area contributed by atoms with Crippen molar-refractivity contribution in [1.82, 2.24) is 0 Å². The molecule has 2 unspecified atom stereocenters. The average Bonchev–Trinajstić information content (AvgIpc) is 2.75. The van der Waals surface area contributed by atoms with Crippen LogP contribution in [0.1, 0.15) is 23.7 Å². The normalized spacial score (nSPS) is 23.7. The zero-order valence-corrected chi connectivity index (χ0v) is 9.90. The minimum absolute atomic E-state index is 0.0866. The van der Waals surface area contributed by atoms with Crippen LogP contribution in [0.25, 0.3) is 0 Å². The van der Waals surface area contributed by atoms with Crippen LogP contribution in [0.5, 0.6) is 5.75 Å². The highest BCUT2D eigenvalue weighted by Gasteiger charge is 2.30. The summed E-state index contributed by atoms with van der Waals surface area (Å²) in [7, 11) is 1.47. The fraction of sp³-hybridized carbons (Fsp3) is 0.462. The second kappa shape index (κ2) is 4.84. The number of hydrogen-bond acceptors (Lipinski definition) is 3. The van der Waals surface area contributed by atoms with E-state index in [4.69, 9.17) is 9.47 Å². The summed E-state index contributed by atoms with van der Waals surface area (Å²) >= 11 is 0. The first-order valence-electron chi connectivity index (χ1n) is 5.61. The van der Waals surface area contributed by atoms with Crippen LogP contribution in [-0.4, -0.2) is 25.6 Å². The van der Waals surface area contributed by atoms with Crippen LogP contribution >= 0.6 is 0 Å². The summed E-state index contributed by atoms with van der Waals surface area (Å²) < 4.78 is 23.6. The molecule has 1 aromatic rings. The SMILES string of the molecule is COc1ccc(F)cc1C(=O)C1COC(C)C1. The molecule has 0 bridgehead atoms. The van der Waals surface area contributed by atoms with E-state index in [-0.39, 0.29) is 17.8 Å². The Hall–Kier alpha value is -1.42. The lowest BCUT2D eigenvalue weighted by Crippen LogP contribution is -2.16. The number of halogens is 1. The van der Waals surface area contributed by atoms with Crippen molar-refractivity contribution in [1.29, 1.82) is 0 Å². The Morgan fingerprint density at radius 2 is 2.29 bits per heavy atom. The first-order valence-corrected chi connectivity index (χ1v) is 5.61. The van der Waals surface area contributed by atoms with Crippen LogP contribution in [0, 0.1) is 11.7 Å². The number of hydrogen-bond donors (Lipinski definition) is 0. The maximum Gasteiger partial charge on any atom is 0.172 e. The van der Waals surface area contributed by atoms with Gasteiger partial charge >= 0.3 is 0 Å². The molecule has 2 rings (SSSR count). The Labute approximate surface area is 99.5 Å². The standard InChI is InChI=1S/C13H15FO3/c1-8-5-9(7-17-8)13(15)11-6-10(14)3-4-12(11)16-2/h3-4,6,8-9H,5,7H2,1-2H3. The van der Waals surface area contributed by atoms with E-state index in [9.17, 15) is 9.18 Å². The van der Waals surface area contributed by atoms with Gasteiger partial charge in [-0.3, -0.25) is 4.79 Å². The van der Waals surface area contributed by atoms with Crippen molar-refractivity contribution in [2.75, 3.05) is 13.7 Å². The quantitative estimate of drug-likeness (QED) is 0.759. The third kappa shape index (κ3) is 2.47. The molecule has 0 saturated carbocycles. The topological polar surface area (TPSA) is 35.5 Å². The van der Waals surface area contributed by atoms with Gasteiger partial charge < -0.3 is 9.47 Å². The maximum absolute atomic E-state index is 13.2. The number of ketones is 1. The molecule has 3 nitrogen and oxygen atoms in total. The zero-order valence-electron chi connectivity index (χ0n) is 9.90. The molecule has 0 radical (unpaired) electrons. The van der Waals surface area contributed by atoms with E-state index in [0.29, 0.717) is 24.3 Å². The third-order valence-electron chi connectivity index (χ3n) is 3.00. The second-order valence-corrected chi connectivity index (χ2v) is 4.29. The molecule has 4 heteroatoms. The molecule has 0 N–H and O–H groups in total. The summed E-state index contributed by atoms with van der Waals surface area (Å²) in [6.07, 6.45) is 0.766. The van der Waals surface area contributed by atoms with E-state index in [1.165, 1.54) is 25.3 Å². The Kier molecular flexibility index (Phi) is 3.43. The summed E-state index contributed by atoms with van der Waals surface area (Å²) in [6.45, 7) is 2.33. The van der Waals surface area contributed by atoms with E-state index in [0.717, 1.165) is 0 Å². The molecule has 0 aliphatic carbocycles. The summed E-state index contributed by atoms with van der Waals surface area (Å²) in [6, 6.07) is 3.98.